The van der Waals surface area contributed by atoms with Gasteiger partial charge in [-0.3, -0.25) is 0 Å². The van der Waals surface area contributed by atoms with Crippen molar-refractivity contribution in [2.75, 3.05) is 0 Å². The molecule has 0 saturated carbocycles. The number of hydrogen-bond acceptors (Lipinski definition) is 5. The average Bonchev–Trinajstić information content (AvgIpc) is 3.17. The van der Waals surface area contributed by atoms with Crippen molar-refractivity contribution in [1.29, 1.82) is 0 Å². The number of hydrogen-bond donors (Lipinski definition) is 1. The highest BCUT2D eigenvalue weighted by molar-refractivity contribution is 9.10. The van der Waals surface area contributed by atoms with Gasteiger partial charge in [0.25, 0.3) is 5.89 Å². The topological polar surface area (TPSA) is 81.0 Å². The van der Waals surface area contributed by atoms with Crippen molar-refractivity contribution in [2.24, 2.45) is 0 Å². The number of H-pyrrole nitrogens is 1. The highest BCUT2D eigenvalue weighted by atomic mass is 79.9. The normalized spacial score (nSPS) is 12.1. The molecular formula is C15H12BrN3O3. The Kier molecular flexibility index (Phi) is 4.06. The van der Waals surface area contributed by atoms with E-state index in [0.717, 1.165) is 10.0 Å². The lowest BCUT2D eigenvalue weighted by Gasteiger charge is -2.07. The van der Waals surface area contributed by atoms with Gasteiger partial charge < -0.3 is 14.1 Å². The maximum Gasteiger partial charge on any atom is 0.355 e. The fraction of sp³-hybridized carbons (Fsp3) is 0.133. The summed E-state index contributed by atoms with van der Waals surface area (Å²) in [6, 6.07) is 11.0. The molecule has 3 rings (SSSR count). The van der Waals surface area contributed by atoms with E-state index < -0.39 is 12.1 Å². The van der Waals surface area contributed by atoms with Crippen LogP contribution in [0.1, 0.15) is 29.4 Å². The van der Waals surface area contributed by atoms with Crippen molar-refractivity contribution in [3.63, 3.8) is 0 Å². The van der Waals surface area contributed by atoms with Crippen LogP contribution in [0.3, 0.4) is 0 Å². The maximum absolute atomic E-state index is 12.0. The second-order valence-corrected chi connectivity index (χ2v) is 5.51. The van der Waals surface area contributed by atoms with E-state index in [1.165, 1.54) is 0 Å². The summed E-state index contributed by atoms with van der Waals surface area (Å²) in [7, 11) is 0. The molecule has 0 saturated heterocycles. The second kappa shape index (κ2) is 6.15. The Hall–Kier alpha value is -2.41. The third-order valence-electron chi connectivity index (χ3n) is 2.96. The van der Waals surface area contributed by atoms with Gasteiger partial charge in [0, 0.05) is 16.2 Å². The first-order chi connectivity index (χ1) is 10.6. The molecule has 0 aliphatic rings. The van der Waals surface area contributed by atoms with Crippen LogP contribution < -0.4 is 0 Å². The summed E-state index contributed by atoms with van der Waals surface area (Å²) in [5.41, 5.74) is 1.16. The van der Waals surface area contributed by atoms with Gasteiger partial charge in [0.05, 0.1) is 0 Å². The van der Waals surface area contributed by atoms with Crippen LogP contribution in [-0.2, 0) is 4.74 Å². The first kappa shape index (κ1) is 14.5. The lowest BCUT2D eigenvalue weighted by molar-refractivity contribution is 0.0273. The van der Waals surface area contributed by atoms with E-state index in [1.807, 2.05) is 30.3 Å². The van der Waals surface area contributed by atoms with E-state index in [-0.39, 0.29) is 5.89 Å². The number of halogens is 1. The lowest BCUT2D eigenvalue weighted by Crippen LogP contribution is -2.09. The molecule has 3 aromatic rings. The van der Waals surface area contributed by atoms with Gasteiger partial charge in [-0.15, -0.1) is 10.2 Å². The smallest absolute Gasteiger partial charge is 0.355 e. The largest absolute Gasteiger partial charge is 0.448 e. The Morgan fingerprint density at radius 1 is 1.32 bits per heavy atom. The molecule has 0 radical (unpaired) electrons. The molecule has 0 aliphatic heterocycles. The highest BCUT2D eigenvalue weighted by Gasteiger charge is 2.20. The molecule has 1 aromatic carbocycles. The molecule has 2 aromatic heterocycles. The summed E-state index contributed by atoms with van der Waals surface area (Å²) in [6.07, 6.45) is 1.01. The van der Waals surface area contributed by atoms with Gasteiger partial charge >= 0.3 is 5.97 Å². The van der Waals surface area contributed by atoms with Crippen molar-refractivity contribution in [3.8, 4) is 11.5 Å². The van der Waals surface area contributed by atoms with E-state index in [2.05, 4.69) is 31.1 Å². The predicted octanol–water partition coefficient (Wildman–Crippen LogP) is 3.75. The molecule has 112 valence electrons. The van der Waals surface area contributed by atoms with E-state index in [4.69, 9.17) is 9.15 Å². The molecule has 1 atom stereocenters. The number of ether oxygens (including phenoxy) is 1. The van der Waals surface area contributed by atoms with Gasteiger partial charge in [0.1, 0.15) is 5.69 Å². The third-order valence-corrected chi connectivity index (χ3v) is 3.42. The van der Waals surface area contributed by atoms with Crippen molar-refractivity contribution >= 4 is 21.9 Å². The Labute approximate surface area is 134 Å². The third kappa shape index (κ3) is 3.09. The second-order valence-electron chi connectivity index (χ2n) is 4.59. The molecule has 1 unspecified atom stereocenters. The zero-order valence-corrected chi connectivity index (χ0v) is 13.2. The van der Waals surface area contributed by atoms with Crippen LogP contribution in [-0.4, -0.2) is 21.2 Å². The van der Waals surface area contributed by atoms with E-state index >= 15 is 0 Å². The van der Waals surface area contributed by atoms with Gasteiger partial charge in [-0.2, -0.15) is 0 Å². The van der Waals surface area contributed by atoms with Crippen LogP contribution >= 0.6 is 15.9 Å². The van der Waals surface area contributed by atoms with E-state index in [9.17, 15) is 4.79 Å². The van der Waals surface area contributed by atoms with Crippen LogP contribution in [0.4, 0.5) is 0 Å². The van der Waals surface area contributed by atoms with Crippen LogP contribution in [0.2, 0.25) is 0 Å². The minimum atomic E-state index is -0.639. The van der Waals surface area contributed by atoms with Crippen molar-refractivity contribution < 1.29 is 13.9 Å². The first-order valence-corrected chi connectivity index (χ1v) is 7.36. The summed E-state index contributed by atoms with van der Waals surface area (Å²) in [5, 5.41) is 7.90. The standard InChI is InChI=1S/C15H12BrN3O3/c1-9(21-15(20)12-7-11(16)8-17-12)13-18-19-14(22-13)10-5-3-2-4-6-10/h2-9,17H,1H3. The molecule has 0 fully saturated rings. The fourth-order valence-electron chi connectivity index (χ4n) is 1.86. The van der Waals surface area contributed by atoms with E-state index in [0.29, 0.717) is 11.6 Å². The first-order valence-electron chi connectivity index (χ1n) is 6.57. The van der Waals surface area contributed by atoms with Crippen LogP contribution in [0.25, 0.3) is 11.5 Å². The Morgan fingerprint density at radius 2 is 2.09 bits per heavy atom. The number of benzene rings is 1. The molecule has 1 N–H and O–H groups in total. The van der Waals surface area contributed by atoms with Crippen molar-refractivity contribution in [1.82, 2.24) is 15.2 Å². The van der Waals surface area contributed by atoms with Crippen molar-refractivity contribution in [3.05, 3.63) is 58.7 Å². The minimum Gasteiger partial charge on any atom is -0.448 e. The fourth-order valence-corrected chi connectivity index (χ4v) is 2.20. The summed E-state index contributed by atoms with van der Waals surface area (Å²) >= 11 is 3.26. The number of carbonyl (C=O) groups excluding carboxylic acids is 1. The quantitative estimate of drug-likeness (QED) is 0.715. The number of esters is 1. The molecule has 6 nitrogen and oxygen atoms in total. The highest BCUT2D eigenvalue weighted by Crippen LogP contribution is 2.23. The number of nitrogens with zero attached hydrogens (tertiary/aromatic N) is 2. The summed E-state index contributed by atoms with van der Waals surface area (Å²) < 4.78 is 11.6. The molecule has 0 amide bonds. The molecule has 0 aliphatic carbocycles. The van der Waals surface area contributed by atoms with Gasteiger partial charge in [-0.05, 0) is 41.1 Å². The van der Waals surface area contributed by atoms with Gasteiger partial charge in [0.2, 0.25) is 5.89 Å². The summed E-state index contributed by atoms with van der Waals surface area (Å²) in [4.78, 5) is 14.8. The van der Waals surface area contributed by atoms with Crippen LogP contribution in [0, 0.1) is 0 Å². The van der Waals surface area contributed by atoms with Gasteiger partial charge in [-0.25, -0.2) is 4.79 Å². The molecule has 0 bridgehead atoms. The zero-order valence-electron chi connectivity index (χ0n) is 11.6. The van der Waals surface area contributed by atoms with Crippen molar-refractivity contribution in [2.45, 2.75) is 13.0 Å². The minimum absolute atomic E-state index is 0.248. The molecular weight excluding hydrogens is 350 g/mol. The van der Waals surface area contributed by atoms with Crippen LogP contribution in [0.5, 0.6) is 0 Å². The monoisotopic (exact) mass is 361 g/mol. The molecule has 2 heterocycles. The Morgan fingerprint density at radius 3 is 2.77 bits per heavy atom. The summed E-state index contributed by atoms with van der Waals surface area (Å²) in [5.74, 6) is 0.150. The average molecular weight is 362 g/mol. The Bertz CT molecular complexity index is 782. The number of nitrogens with one attached hydrogen (secondary N) is 1. The number of aromatic amines is 1. The molecule has 0 spiro atoms. The maximum atomic E-state index is 12.0. The van der Waals surface area contributed by atoms with E-state index in [1.54, 1.807) is 19.2 Å². The Balaban J connectivity index is 1.72. The number of carbonyl (C=O) groups is 1. The number of aromatic nitrogens is 3. The number of rotatable bonds is 4. The predicted molar refractivity (Wildman–Crippen MR) is 82.1 cm³/mol. The molecule has 7 heteroatoms. The summed E-state index contributed by atoms with van der Waals surface area (Å²) in [6.45, 7) is 1.68. The van der Waals surface area contributed by atoms with Crippen LogP contribution in [0.15, 0.2) is 51.5 Å². The SMILES string of the molecule is CC(OC(=O)c1cc(Br)c[nH]1)c1nnc(-c2ccccc2)o1. The zero-order chi connectivity index (χ0) is 15.5. The van der Waals surface area contributed by atoms with Gasteiger partial charge in [-0.1, -0.05) is 18.2 Å². The lowest BCUT2D eigenvalue weighted by atomic mass is 10.2. The van der Waals surface area contributed by atoms with Gasteiger partial charge in [0.15, 0.2) is 6.10 Å². The molecule has 22 heavy (non-hydrogen) atoms.